The molecular formula is C23H17FN2O3. The van der Waals surface area contributed by atoms with Crippen LogP contribution in [0.5, 0.6) is 5.75 Å². The Morgan fingerprint density at radius 1 is 1.03 bits per heavy atom. The number of hydrogen-bond donors (Lipinski definition) is 1. The smallest absolute Gasteiger partial charge is 0.256 e. The van der Waals surface area contributed by atoms with Gasteiger partial charge < -0.3 is 14.5 Å². The molecule has 1 amide bonds. The Hall–Kier alpha value is -3.93. The summed E-state index contributed by atoms with van der Waals surface area (Å²) in [7, 11) is 1.60. The Morgan fingerprint density at radius 3 is 2.69 bits per heavy atom. The number of carbonyl (C=O) groups excluding carboxylic acids is 1. The molecule has 144 valence electrons. The third-order valence-electron chi connectivity index (χ3n) is 4.34. The molecule has 0 saturated carbocycles. The molecule has 0 aliphatic carbocycles. The summed E-state index contributed by atoms with van der Waals surface area (Å²) in [6.45, 7) is 0. The number of methoxy groups -OCH3 is 1. The second-order valence-electron chi connectivity index (χ2n) is 6.27. The van der Waals surface area contributed by atoms with Crippen LogP contribution in [0.15, 0.2) is 83.4 Å². The first-order valence-electron chi connectivity index (χ1n) is 8.90. The van der Waals surface area contributed by atoms with Gasteiger partial charge in [0.2, 0.25) is 5.89 Å². The number of benzene rings is 3. The van der Waals surface area contributed by atoms with Crippen LogP contribution in [0.3, 0.4) is 0 Å². The number of aromatic nitrogens is 1. The quantitative estimate of drug-likeness (QED) is 0.497. The maximum atomic E-state index is 13.4. The van der Waals surface area contributed by atoms with Crippen LogP contribution in [-0.2, 0) is 0 Å². The second kappa shape index (κ2) is 7.98. The molecule has 4 rings (SSSR count). The van der Waals surface area contributed by atoms with Crippen molar-refractivity contribution in [3.05, 3.63) is 90.4 Å². The topological polar surface area (TPSA) is 64.4 Å². The molecule has 1 N–H and O–H groups in total. The van der Waals surface area contributed by atoms with Gasteiger partial charge in [-0.1, -0.05) is 30.3 Å². The summed E-state index contributed by atoms with van der Waals surface area (Å²) < 4.78 is 24.5. The lowest BCUT2D eigenvalue weighted by Crippen LogP contribution is -2.13. The predicted molar refractivity (Wildman–Crippen MR) is 108 cm³/mol. The molecule has 1 heterocycles. The highest BCUT2D eigenvalue weighted by Crippen LogP contribution is 2.30. The van der Waals surface area contributed by atoms with E-state index in [1.54, 1.807) is 43.6 Å². The van der Waals surface area contributed by atoms with Gasteiger partial charge in [0.15, 0.2) is 5.76 Å². The summed E-state index contributed by atoms with van der Waals surface area (Å²) in [5, 5.41) is 2.70. The van der Waals surface area contributed by atoms with Gasteiger partial charge in [0.05, 0.1) is 18.9 Å². The molecule has 5 nitrogen and oxygen atoms in total. The monoisotopic (exact) mass is 388 g/mol. The zero-order valence-corrected chi connectivity index (χ0v) is 15.6. The largest absolute Gasteiger partial charge is 0.497 e. The third-order valence-corrected chi connectivity index (χ3v) is 4.34. The normalized spacial score (nSPS) is 10.6. The van der Waals surface area contributed by atoms with Crippen molar-refractivity contribution in [3.8, 4) is 28.5 Å². The Balaban J connectivity index is 1.65. The average Bonchev–Trinajstić information content (AvgIpc) is 3.24. The van der Waals surface area contributed by atoms with Crippen LogP contribution in [0.1, 0.15) is 10.4 Å². The second-order valence-corrected chi connectivity index (χ2v) is 6.27. The standard InChI is InChI=1S/C23H17FN2O3/c1-28-18-9-4-6-15(12-18)21-14-25-23(29-21)20-11-3-2-10-19(20)22(27)26-17-8-5-7-16(24)13-17/h2-14H,1H3,(H,26,27). The minimum atomic E-state index is -0.424. The van der Waals surface area contributed by atoms with E-state index in [1.165, 1.54) is 18.2 Å². The zero-order valence-electron chi connectivity index (χ0n) is 15.6. The predicted octanol–water partition coefficient (Wildman–Crippen LogP) is 5.41. The molecule has 6 heteroatoms. The zero-order chi connectivity index (χ0) is 20.2. The molecule has 0 bridgehead atoms. The van der Waals surface area contributed by atoms with Gasteiger partial charge in [-0.05, 0) is 42.5 Å². The van der Waals surface area contributed by atoms with E-state index < -0.39 is 5.82 Å². The van der Waals surface area contributed by atoms with Gasteiger partial charge in [-0.15, -0.1) is 0 Å². The van der Waals surface area contributed by atoms with Crippen molar-refractivity contribution < 1.29 is 18.3 Å². The molecule has 0 saturated heterocycles. The van der Waals surface area contributed by atoms with Gasteiger partial charge in [0.1, 0.15) is 11.6 Å². The molecule has 29 heavy (non-hydrogen) atoms. The number of amides is 1. The van der Waals surface area contributed by atoms with Crippen molar-refractivity contribution in [1.29, 1.82) is 0 Å². The minimum Gasteiger partial charge on any atom is -0.497 e. The van der Waals surface area contributed by atoms with Crippen molar-refractivity contribution >= 4 is 11.6 Å². The molecule has 1 aromatic heterocycles. The summed E-state index contributed by atoms with van der Waals surface area (Å²) in [6, 6.07) is 20.1. The van der Waals surface area contributed by atoms with Gasteiger partial charge in [-0.2, -0.15) is 0 Å². The van der Waals surface area contributed by atoms with Crippen LogP contribution >= 0.6 is 0 Å². The number of hydrogen-bond acceptors (Lipinski definition) is 4. The van der Waals surface area contributed by atoms with Crippen molar-refractivity contribution in [3.63, 3.8) is 0 Å². The first-order chi connectivity index (χ1) is 14.1. The van der Waals surface area contributed by atoms with Crippen LogP contribution < -0.4 is 10.1 Å². The molecule has 0 unspecified atom stereocenters. The highest BCUT2D eigenvalue weighted by Gasteiger charge is 2.17. The SMILES string of the molecule is COc1cccc(-c2cnc(-c3ccccc3C(=O)Nc3cccc(F)c3)o2)c1. The minimum absolute atomic E-state index is 0.313. The van der Waals surface area contributed by atoms with E-state index in [-0.39, 0.29) is 5.91 Å². The number of ether oxygens (including phenoxy) is 1. The maximum absolute atomic E-state index is 13.4. The van der Waals surface area contributed by atoms with Gasteiger partial charge in [-0.3, -0.25) is 4.79 Å². The number of halogens is 1. The van der Waals surface area contributed by atoms with Gasteiger partial charge in [0.25, 0.3) is 5.91 Å². The van der Waals surface area contributed by atoms with Crippen LogP contribution in [0.4, 0.5) is 10.1 Å². The van der Waals surface area contributed by atoms with Gasteiger partial charge >= 0.3 is 0 Å². The van der Waals surface area contributed by atoms with Gasteiger partial charge in [0, 0.05) is 16.8 Å². The highest BCUT2D eigenvalue weighted by atomic mass is 19.1. The van der Waals surface area contributed by atoms with Crippen molar-refractivity contribution in [2.75, 3.05) is 12.4 Å². The molecule has 4 aromatic rings. The van der Waals surface area contributed by atoms with Crippen LogP contribution in [0, 0.1) is 5.82 Å². The summed E-state index contributed by atoms with van der Waals surface area (Å²) in [5.74, 6) is 0.765. The molecule has 0 aliphatic heterocycles. The van der Waals surface area contributed by atoms with E-state index in [4.69, 9.17) is 9.15 Å². The number of nitrogens with zero attached hydrogens (tertiary/aromatic N) is 1. The summed E-state index contributed by atoms with van der Waals surface area (Å²) in [5.41, 5.74) is 2.09. The molecule has 0 atom stereocenters. The van der Waals surface area contributed by atoms with E-state index in [9.17, 15) is 9.18 Å². The van der Waals surface area contributed by atoms with Crippen LogP contribution in [0.2, 0.25) is 0 Å². The first-order valence-corrected chi connectivity index (χ1v) is 8.90. The molecule has 3 aromatic carbocycles. The number of oxazole rings is 1. The van der Waals surface area contributed by atoms with Crippen molar-refractivity contribution in [2.45, 2.75) is 0 Å². The number of nitrogens with one attached hydrogen (secondary N) is 1. The Kier molecular flexibility index (Phi) is 5.07. The Bertz CT molecular complexity index is 1170. The summed E-state index contributed by atoms with van der Waals surface area (Å²) >= 11 is 0. The lowest BCUT2D eigenvalue weighted by Gasteiger charge is -2.08. The molecule has 0 radical (unpaired) electrons. The van der Waals surface area contributed by atoms with E-state index in [0.29, 0.717) is 34.2 Å². The third kappa shape index (κ3) is 4.01. The number of carbonyl (C=O) groups is 1. The first kappa shape index (κ1) is 18.4. The Morgan fingerprint density at radius 2 is 1.86 bits per heavy atom. The molecule has 0 spiro atoms. The molecule has 0 aliphatic rings. The summed E-state index contributed by atoms with van der Waals surface area (Å²) in [4.78, 5) is 17.1. The summed E-state index contributed by atoms with van der Waals surface area (Å²) in [6.07, 6.45) is 1.60. The fourth-order valence-electron chi connectivity index (χ4n) is 2.94. The lowest BCUT2D eigenvalue weighted by molar-refractivity contribution is 0.102. The maximum Gasteiger partial charge on any atom is 0.256 e. The van der Waals surface area contributed by atoms with Crippen molar-refractivity contribution in [2.24, 2.45) is 0 Å². The molecule has 0 fully saturated rings. The van der Waals surface area contributed by atoms with E-state index >= 15 is 0 Å². The average molecular weight is 388 g/mol. The van der Waals surface area contributed by atoms with E-state index in [1.807, 2.05) is 24.3 Å². The van der Waals surface area contributed by atoms with E-state index in [2.05, 4.69) is 10.3 Å². The fourth-order valence-corrected chi connectivity index (χ4v) is 2.94. The number of anilines is 1. The molecular weight excluding hydrogens is 371 g/mol. The fraction of sp³-hybridized carbons (Fsp3) is 0.0435. The Labute approximate surface area is 166 Å². The highest BCUT2D eigenvalue weighted by molar-refractivity contribution is 6.08. The number of rotatable bonds is 5. The van der Waals surface area contributed by atoms with Crippen LogP contribution in [-0.4, -0.2) is 18.0 Å². The van der Waals surface area contributed by atoms with Crippen molar-refractivity contribution in [1.82, 2.24) is 4.98 Å². The van der Waals surface area contributed by atoms with Crippen LogP contribution in [0.25, 0.3) is 22.8 Å². The van der Waals surface area contributed by atoms with E-state index in [0.717, 1.165) is 5.56 Å². The lowest BCUT2D eigenvalue weighted by atomic mass is 10.1. The van der Waals surface area contributed by atoms with Gasteiger partial charge in [-0.25, -0.2) is 9.37 Å².